The molecule has 6 nitrogen and oxygen atoms in total. The van der Waals surface area contributed by atoms with Crippen LogP contribution in [0.15, 0.2) is 57.5 Å². The summed E-state index contributed by atoms with van der Waals surface area (Å²) in [6.07, 6.45) is 5.91. The number of aromatic nitrogens is 4. The van der Waals surface area contributed by atoms with Crippen molar-refractivity contribution in [3.05, 3.63) is 54.3 Å². The van der Waals surface area contributed by atoms with Gasteiger partial charge in [-0.3, -0.25) is 9.88 Å². The van der Waals surface area contributed by atoms with Gasteiger partial charge in [-0.1, -0.05) is 6.07 Å². The van der Waals surface area contributed by atoms with Crippen molar-refractivity contribution < 1.29 is 4.42 Å². The fourth-order valence-electron chi connectivity index (χ4n) is 3.08. The summed E-state index contributed by atoms with van der Waals surface area (Å²) in [4.78, 5) is 6.97. The Labute approximate surface area is 144 Å². The van der Waals surface area contributed by atoms with Gasteiger partial charge in [-0.05, 0) is 55.4 Å². The van der Waals surface area contributed by atoms with Crippen molar-refractivity contribution in [1.82, 2.24) is 24.6 Å². The summed E-state index contributed by atoms with van der Waals surface area (Å²) in [7, 11) is 1.92. The zero-order valence-electron chi connectivity index (χ0n) is 13.5. The molecule has 1 saturated heterocycles. The number of likely N-dealkylation sites (tertiary alicyclic amines) is 1. The number of furan rings is 1. The first-order valence-corrected chi connectivity index (χ1v) is 8.87. The maximum Gasteiger partial charge on any atom is 0.198 e. The molecule has 4 heterocycles. The summed E-state index contributed by atoms with van der Waals surface area (Å²) in [6, 6.07) is 10.6. The maximum absolute atomic E-state index is 5.98. The number of hydrogen-bond acceptors (Lipinski definition) is 6. The molecule has 1 fully saturated rings. The summed E-state index contributed by atoms with van der Waals surface area (Å²) in [5.41, 5.74) is 1.15. The molecule has 24 heavy (non-hydrogen) atoms. The topological polar surface area (TPSA) is 60.0 Å². The van der Waals surface area contributed by atoms with E-state index in [0.29, 0.717) is 6.04 Å². The van der Waals surface area contributed by atoms with Crippen LogP contribution in [0.2, 0.25) is 0 Å². The van der Waals surface area contributed by atoms with Crippen molar-refractivity contribution >= 4 is 11.8 Å². The van der Waals surface area contributed by atoms with Crippen LogP contribution in [0.25, 0.3) is 0 Å². The second kappa shape index (κ2) is 6.78. The summed E-state index contributed by atoms with van der Waals surface area (Å²) in [5.74, 6) is 0.975. The Morgan fingerprint density at radius 3 is 3.04 bits per heavy atom. The molecule has 0 aliphatic carbocycles. The lowest BCUT2D eigenvalue weighted by atomic mass is 10.1. The molecular formula is C17H19N5OS. The Morgan fingerprint density at radius 2 is 2.25 bits per heavy atom. The molecule has 0 N–H and O–H groups in total. The predicted octanol–water partition coefficient (Wildman–Crippen LogP) is 3.29. The molecule has 1 aliphatic heterocycles. The molecule has 0 amide bonds. The minimum Gasteiger partial charge on any atom is -0.453 e. The Hall–Kier alpha value is -2.12. The van der Waals surface area contributed by atoms with Gasteiger partial charge in [-0.15, -0.1) is 10.2 Å². The van der Waals surface area contributed by atoms with Crippen LogP contribution in [0.3, 0.4) is 0 Å². The normalized spacial score (nSPS) is 18.3. The van der Waals surface area contributed by atoms with E-state index in [1.165, 1.54) is 18.2 Å². The van der Waals surface area contributed by atoms with Crippen LogP contribution in [0.5, 0.6) is 0 Å². The molecule has 4 rings (SSSR count). The monoisotopic (exact) mass is 341 g/mol. The molecule has 1 aliphatic rings. The third-order valence-corrected chi connectivity index (χ3v) is 5.22. The average Bonchev–Trinajstić information content (AvgIpc) is 3.33. The van der Waals surface area contributed by atoms with Crippen LogP contribution in [0.4, 0.5) is 0 Å². The molecule has 3 aromatic heterocycles. The van der Waals surface area contributed by atoms with Gasteiger partial charge in [0.1, 0.15) is 12.1 Å². The summed E-state index contributed by atoms with van der Waals surface area (Å²) in [6.45, 7) is 1.88. The first kappa shape index (κ1) is 15.4. The van der Waals surface area contributed by atoms with Gasteiger partial charge in [-0.25, -0.2) is 0 Å². The standard InChI is InChI=1S/C17H19N5OS/c1-21-12-19-20-17(21)24-16-8-7-13(23-16)11-22-10-4-6-15(22)14-5-2-3-9-18-14/h2-3,5,7-9,12,15H,4,6,10-11H2,1H3/t15-/m1/s1. The third-order valence-electron chi connectivity index (χ3n) is 4.25. The Balaban J connectivity index is 1.45. The fourth-order valence-corrected chi connectivity index (χ4v) is 3.82. The molecule has 0 saturated carbocycles. The minimum atomic E-state index is 0.381. The zero-order chi connectivity index (χ0) is 16.4. The van der Waals surface area contributed by atoms with E-state index in [1.807, 2.05) is 36.0 Å². The number of nitrogens with zero attached hydrogens (tertiary/aromatic N) is 5. The molecule has 3 aromatic rings. The van der Waals surface area contributed by atoms with Gasteiger partial charge in [0, 0.05) is 13.2 Å². The van der Waals surface area contributed by atoms with Crippen LogP contribution < -0.4 is 0 Å². The largest absolute Gasteiger partial charge is 0.453 e. The second-order valence-corrected chi connectivity index (χ2v) is 6.90. The van der Waals surface area contributed by atoms with Gasteiger partial charge in [0.25, 0.3) is 0 Å². The summed E-state index contributed by atoms with van der Waals surface area (Å²) >= 11 is 1.49. The van der Waals surface area contributed by atoms with Crippen molar-refractivity contribution in [3.8, 4) is 0 Å². The first-order valence-electron chi connectivity index (χ1n) is 8.05. The predicted molar refractivity (Wildman–Crippen MR) is 90.5 cm³/mol. The summed E-state index contributed by atoms with van der Waals surface area (Å²) < 4.78 is 7.86. The Morgan fingerprint density at radius 1 is 1.29 bits per heavy atom. The number of aryl methyl sites for hydroxylation is 1. The first-order chi connectivity index (χ1) is 11.8. The SMILES string of the molecule is Cn1cnnc1Sc1ccc(CN2CCC[C@@H]2c2ccccn2)o1. The molecule has 0 spiro atoms. The van der Waals surface area contributed by atoms with E-state index in [4.69, 9.17) is 4.42 Å². The number of rotatable bonds is 5. The highest BCUT2D eigenvalue weighted by atomic mass is 32.2. The highest BCUT2D eigenvalue weighted by Crippen LogP contribution is 2.33. The van der Waals surface area contributed by atoms with Crippen molar-refractivity contribution in [1.29, 1.82) is 0 Å². The van der Waals surface area contributed by atoms with E-state index in [9.17, 15) is 0 Å². The fraction of sp³-hybridized carbons (Fsp3) is 0.353. The van der Waals surface area contributed by atoms with Gasteiger partial charge in [-0.2, -0.15) is 0 Å². The van der Waals surface area contributed by atoms with E-state index in [0.717, 1.165) is 41.2 Å². The molecule has 0 unspecified atom stereocenters. The van der Waals surface area contributed by atoms with E-state index in [1.54, 1.807) is 6.33 Å². The third kappa shape index (κ3) is 3.22. The van der Waals surface area contributed by atoms with E-state index in [-0.39, 0.29) is 0 Å². The Bertz CT molecular complexity index is 800. The van der Waals surface area contributed by atoms with E-state index < -0.39 is 0 Å². The lowest BCUT2D eigenvalue weighted by Gasteiger charge is -2.22. The van der Waals surface area contributed by atoms with Gasteiger partial charge in [0.2, 0.25) is 0 Å². The lowest BCUT2D eigenvalue weighted by Crippen LogP contribution is -2.23. The molecule has 0 aromatic carbocycles. The van der Waals surface area contributed by atoms with Crippen molar-refractivity contribution in [2.75, 3.05) is 6.54 Å². The summed E-state index contributed by atoms with van der Waals surface area (Å²) in [5, 5.41) is 9.62. The van der Waals surface area contributed by atoms with Crippen molar-refractivity contribution in [2.45, 2.75) is 35.7 Å². The van der Waals surface area contributed by atoms with Crippen LogP contribution >= 0.6 is 11.8 Å². The highest BCUT2D eigenvalue weighted by Gasteiger charge is 2.27. The van der Waals surface area contributed by atoms with Gasteiger partial charge in [0.05, 0.1) is 18.3 Å². The molecular weight excluding hydrogens is 322 g/mol. The van der Waals surface area contributed by atoms with Gasteiger partial charge in [0.15, 0.2) is 10.2 Å². The van der Waals surface area contributed by atoms with Gasteiger partial charge >= 0.3 is 0 Å². The molecule has 0 bridgehead atoms. The van der Waals surface area contributed by atoms with Crippen LogP contribution in [0.1, 0.15) is 30.3 Å². The van der Waals surface area contributed by atoms with E-state index in [2.05, 4.69) is 32.2 Å². The minimum absolute atomic E-state index is 0.381. The second-order valence-electron chi connectivity index (χ2n) is 5.93. The smallest absolute Gasteiger partial charge is 0.198 e. The lowest BCUT2D eigenvalue weighted by molar-refractivity contribution is 0.219. The van der Waals surface area contributed by atoms with Gasteiger partial charge < -0.3 is 8.98 Å². The molecule has 1 atom stereocenters. The zero-order valence-corrected chi connectivity index (χ0v) is 14.3. The molecule has 7 heteroatoms. The number of pyridine rings is 1. The average molecular weight is 341 g/mol. The van der Waals surface area contributed by atoms with Crippen molar-refractivity contribution in [3.63, 3.8) is 0 Å². The highest BCUT2D eigenvalue weighted by molar-refractivity contribution is 7.99. The molecule has 0 radical (unpaired) electrons. The van der Waals surface area contributed by atoms with Crippen molar-refractivity contribution in [2.24, 2.45) is 7.05 Å². The Kier molecular flexibility index (Phi) is 4.36. The quantitative estimate of drug-likeness (QED) is 0.710. The molecule has 124 valence electrons. The number of hydrogen-bond donors (Lipinski definition) is 0. The maximum atomic E-state index is 5.98. The van der Waals surface area contributed by atoms with Crippen LogP contribution in [-0.2, 0) is 13.6 Å². The van der Waals surface area contributed by atoms with Crippen LogP contribution in [-0.4, -0.2) is 31.2 Å². The van der Waals surface area contributed by atoms with Crippen LogP contribution in [0, 0.1) is 0 Å². The van der Waals surface area contributed by atoms with E-state index >= 15 is 0 Å².